The Balaban J connectivity index is 2.00. The largest absolute Gasteiger partial charge is 0.398 e. The first-order valence-electron chi connectivity index (χ1n) is 6.24. The summed E-state index contributed by atoms with van der Waals surface area (Å²) in [5.41, 5.74) is 8.03. The third kappa shape index (κ3) is 2.99. The first-order valence-corrected chi connectivity index (χ1v) is 6.24. The van der Waals surface area contributed by atoms with E-state index in [-0.39, 0.29) is 11.9 Å². The van der Waals surface area contributed by atoms with Crippen LogP contribution >= 0.6 is 0 Å². The number of nitrogens with two attached hydrogens (primary N) is 1. The molecule has 0 bridgehead atoms. The topological polar surface area (TPSA) is 55.1 Å². The van der Waals surface area contributed by atoms with E-state index >= 15 is 0 Å². The number of rotatable bonds is 4. The Hall–Kier alpha value is -1.51. The summed E-state index contributed by atoms with van der Waals surface area (Å²) < 4.78 is 0. The zero-order valence-corrected chi connectivity index (χ0v) is 10.5. The number of carbonyl (C=O) groups is 1. The van der Waals surface area contributed by atoms with E-state index in [1.807, 2.05) is 25.1 Å². The van der Waals surface area contributed by atoms with Gasteiger partial charge in [-0.25, -0.2) is 0 Å². The number of nitrogen functional groups attached to an aromatic ring is 1. The highest BCUT2D eigenvalue weighted by Crippen LogP contribution is 2.33. The molecule has 1 aliphatic carbocycles. The molecule has 1 aromatic carbocycles. The number of hydrogen-bond donors (Lipinski definition) is 2. The first kappa shape index (κ1) is 12.0. The predicted molar refractivity (Wildman–Crippen MR) is 69.9 cm³/mol. The molecule has 1 aliphatic rings. The lowest BCUT2D eigenvalue weighted by atomic mass is 10.1. The maximum Gasteiger partial charge on any atom is 0.251 e. The van der Waals surface area contributed by atoms with Crippen molar-refractivity contribution in [2.75, 3.05) is 5.73 Å². The number of nitrogens with one attached hydrogen (secondary N) is 1. The van der Waals surface area contributed by atoms with Crippen molar-refractivity contribution < 1.29 is 4.79 Å². The van der Waals surface area contributed by atoms with Crippen LogP contribution in [0.4, 0.5) is 5.69 Å². The molecular weight excluding hydrogens is 212 g/mol. The quantitative estimate of drug-likeness (QED) is 0.784. The monoisotopic (exact) mass is 232 g/mol. The lowest BCUT2D eigenvalue weighted by Crippen LogP contribution is -2.33. The smallest absolute Gasteiger partial charge is 0.251 e. The van der Waals surface area contributed by atoms with E-state index in [1.54, 1.807) is 0 Å². The van der Waals surface area contributed by atoms with Crippen LogP contribution < -0.4 is 11.1 Å². The van der Waals surface area contributed by atoms with Gasteiger partial charge in [-0.3, -0.25) is 4.79 Å². The van der Waals surface area contributed by atoms with Gasteiger partial charge < -0.3 is 11.1 Å². The van der Waals surface area contributed by atoms with E-state index in [4.69, 9.17) is 5.73 Å². The third-order valence-electron chi connectivity index (χ3n) is 3.38. The average Bonchev–Trinajstić information content (AvgIpc) is 3.05. The second kappa shape index (κ2) is 4.78. The molecule has 3 nitrogen and oxygen atoms in total. The minimum absolute atomic E-state index is 0.0112. The van der Waals surface area contributed by atoms with Crippen LogP contribution in [0.5, 0.6) is 0 Å². The summed E-state index contributed by atoms with van der Waals surface area (Å²) >= 11 is 0. The SMILES string of the molecule is Cc1c(N)cccc1C(=O)NC(C)CC1CC1. The molecule has 1 amide bonds. The van der Waals surface area contributed by atoms with Crippen LogP contribution in [-0.2, 0) is 0 Å². The molecule has 17 heavy (non-hydrogen) atoms. The minimum atomic E-state index is -0.0112. The van der Waals surface area contributed by atoms with Crippen LogP contribution in [0.15, 0.2) is 18.2 Å². The Morgan fingerprint density at radius 1 is 1.53 bits per heavy atom. The summed E-state index contributed by atoms with van der Waals surface area (Å²) in [5.74, 6) is 0.815. The Morgan fingerprint density at radius 3 is 2.88 bits per heavy atom. The normalized spacial score (nSPS) is 16.6. The Morgan fingerprint density at radius 2 is 2.24 bits per heavy atom. The summed E-state index contributed by atoms with van der Waals surface area (Å²) in [6.45, 7) is 3.95. The molecule has 0 spiro atoms. The van der Waals surface area contributed by atoms with Crippen molar-refractivity contribution in [3.63, 3.8) is 0 Å². The molecule has 1 fully saturated rings. The van der Waals surface area contributed by atoms with Gasteiger partial charge in [0, 0.05) is 17.3 Å². The molecule has 92 valence electrons. The van der Waals surface area contributed by atoms with Crippen molar-refractivity contribution in [2.45, 2.75) is 39.2 Å². The molecular formula is C14H20N2O. The molecule has 0 heterocycles. The van der Waals surface area contributed by atoms with Crippen molar-refractivity contribution in [3.05, 3.63) is 29.3 Å². The van der Waals surface area contributed by atoms with Crippen LogP contribution in [0.1, 0.15) is 42.1 Å². The Labute approximate surface area is 102 Å². The van der Waals surface area contributed by atoms with Gasteiger partial charge in [0.25, 0.3) is 5.91 Å². The standard InChI is InChI=1S/C14H20N2O/c1-9(8-11-6-7-11)16-14(17)12-4-3-5-13(15)10(12)2/h3-5,9,11H,6-8,15H2,1-2H3,(H,16,17). The van der Waals surface area contributed by atoms with Crippen LogP contribution in [-0.4, -0.2) is 11.9 Å². The molecule has 0 aliphatic heterocycles. The van der Waals surface area contributed by atoms with Gasteiger partial charge in [-0.05, 0) is 43.9 Å². The van der Waals surface area contributed by atoms with Crippen LogP contribution in [0.3, 0.4) is 0 Å². The zero-order valence-electron chi connectivity index (χ0n) is 10.5. The van der Waals surface area contributed by atoms with Gasteiger partial charge in [0.2, 0.25) is 0 Å². The number of amides is 1. The fourth-order valence-corrected chi connectivity index (χ4v) is 2.11. The van der Waals surface area contributed by atoms with Crippen molar-refractivity contribution in [1.29, 1.82) is 0 Å². The number of anilines is 1. The lowest BCUT2D eigenvalue weighted by Gasteiger charge is -2.15. The van der Waals surface area contributed by atoms with Gasteiger partial charge in [0.1, 0.15) is 0 Å². The molecule has 0 saturated heterocycles. The van der Waals surface area contributed by atoms with E-state index in [9.17, 15) is 4.79 Å². The highest BCUT2D eigenvalue weighted by molar-refractivity contribution is 5.97. The highest BCUT2D eigenvalue weighted by Gasteiger charge is 2.24. The fourth-order valence-electron chi connectivity index (χ4n) is 2.11. The summed E-state index contributed by atoms with van der Waals surface area (Å²) in [4.78, 5) is 12.1. The van der Waals surface area contributed by atoms with E-state index in [0.717, 1.165) is 17.9 Å². The number of hydrogen-bond acceptors (Lipinski definition) is 2. The molecule has 2 rings (SSSR count). The molecule has 1 saturated carbocycles. The average molecular weight is 232 g/mol. The van der Waals surface area contributed by atoms with Crippen molar-refractivity contribution >= 4 is 11.6 Å². The maximum atomic E-state index is 12.1. The number of carbonyl (C=O) groups excluding carboxylic acids is 1. The van der Waals surface area contributed by atoms with Crippen LogP contribution in [0.2, 0.25) is 0 Å². The highest BCUT2D eigenvalue weighted by atomic mass is 16.1. The van der Waals surface area contributed by atoms with E-state index < -0.39 is 0 Å². The van der Waals surface area contributed by atoms with Gasteiger partial charge in [0.15, 0.2) is 0 Å². The summed E-state index contributed by atoms with van der Waals surface area (Å²) in [6, 6.07) is 5.71. The molecule has 1 unspecified atom stereocenters. The third-order valence-corrected chi connectivity index (χ3v) is 3.38. The van der Waals surface area contributed by atoms with Crippen molar-refractivity contribution in [3.8, 4) is 0 Å². The molecule has 0 aromatic heterocycles. The Kier molecular flexibility index (Phi) is 3.36. The van der Waals surface area contributed by atoms with E-state index in [2.05, 4.69) is 12.2 Å². The predicted octanol–water partition coefficient (Wildman–Crippen LogP) is 2.50. The molecule has 3 N–H and O–H groups in total. The fraction of sp³-hybridized carbons (Fsp3) is 0.500. The second-order valence-electron chi connectivity index (χ2n) is 5.07. The van der Waals surface area contributed by atoms with E-state index in [1.165, 1.54) is 12.8 Å². The molecule has 1 atom stereocenters. The van der Waals surface area contributed by atoms with Crippen LogP contribution in [0.25, 0.3) is 0 Å². The minimum Gasteiger partial charge on any atom is -0.398 e. The maximum absolute atomic E-state index is 12.1. The lowest BCUT2D eigenvalue weighted by molar-refractivity contribution is 0.0937. The van der Waals surface area contributed by atoms with Crippen molar-refractivity contribution in [2.24, 2.45) is 5.92 Å². The molecule has 0 radical (unpaired) electrons. The first-order chi connectivity index (χ1) is 8.08. The zero-order chi connectivity index (χ0) is 12.4. The summed E-state index contributed by atoms with van der Waals surface area (Å²) in [5, 5.41) is 3.04. The van der Waals surface area contributed by atoms with Crippen LogP contribution in [0, 0.1) is 12.8 Å². The van der Waals surface area contributed by atoms with E-state index in [0.29, 0.717) is 11.3 Å². The van der Waals surface area contributed by atoms with Gasteiger partial charge in [-0.15, -0.1) is 0 Å². The molecule has 3 heteroatoms. The number of benzene rings is 1. The molecule has 1 aromatic rings. The van der Waals surface area contributed by atoms with Crippen molar-refractivity contribution in [1.82, 2.24) is 5.32 Å². The van der Waals surface area contributed by atoms with Gasteiger partial charge >= 0.3 is 0 Å². The van der Waals surface area contributed by atoms with Gasteiger partial charge in [-0.1, -0.05) is 18.9 Å². The van der Waals surface area contributed by atoms with Gasteiger partial charge in [0.05, 0.1) is 0 Å². The van der Waals surface area contributed by atoms with Gasteiger partial charge in [-0.2, -0.15) is 0 Å². The summed E-state index contributed by atoms with van der Waals surface area (Å²) in [7, 11) is 0. The summed E-state index contributed by atoms with van der Waals surface area (Å²) in [6.07, 6.45) is 3.72. The Bertz CT molecular complexity index is 424. The second-order valence-corrected chi connectivity index (χ2v) is 5.07.